The molecular weight excluding hydrogens is 363 g/mol. The number of carbonyl (C=O) groups excluding carboxylic acids is 2. The fourth-order valence-electron chi connectivity index (χ4n) is 1.92. The van der Waals surface area contributed by atoms with E-state index in [1.54, 1.807) is 18.2 Å². The first-order chi connectivity index (χ1) is 12.4. The Balaban J connectivity index is 1.70. The molecule has 1 amide bonds. The van der Waals surface area contributed by atoms with E-state index in [1.807, 2.05) is 0 Å². The first-order valence-corrected chi connectivity index (χ1v) is 9.11. The van der Waals surface area contributed by atoms with Gasteiger partial charge in [-0.05, 0) is 36.4 Å². The van der Waals surface area contributed by atoms with Crippen LogP contribution in [0.25, 0.3) is 0 Å². The van der Waals surface area contributed by atoms with Crippen LogP contribution in [0.3, 0.4) is 0 Å². The molecule has 9 heteroatoms. The van der Waals surface area contributed by atoms with E-state index in [-0.39, 0.29) is 17.9 Å². The SMILES string of the molecule is O=C(COC(=O)CCNS(=O)(=O)c1ccccc1)Nc1ccc(F)cc1. The molecule has 0 bridgehead atoms. The Morgan fingerprint density at radius 2 is 1.65 bits per heavy atom. The molecule has 0 saturated heterocycles. The van der Waals surface area contributed by atoms with Gasteiger partial charge < -0.3 is 10.1 Å². The second kappa shape index (κ2) is 9.07. The lowest BCUT2D eigenvalue weighted by Gasteiger charge is -2.08. The minimum absolute atomic E-state index is 0.0899. The van der Waals surface area contributed by atoms with Crippen LogP contribution in [0, 0.1) is 5.82 Å². The molecule has 2 rings (SSSR count). The summed E-state index contributed by atoms with van der Waals surface area (Å²) < 4.78 is 43.7. The van der Waals surface area contributed by atoms with Crippen LogP contribution in [0.2, 0.25) is 0 Å². The Labute approximate surface area is 150 Å². The van der Waals surface area contributed by atoms with Crippen molar-refractivity contribution in [3.05, 3.63) is 60.4 Å². The van der Waals surface area contributed by atoms with Gasteiger partial charge in [0.05, 0.1) is 11.3 Å². The molecule has 26 heavy (non-hydrogen) atoms. The number of amides is 1. The highest BCUT2D eigenvalue weighted by molar-refractivity contribution is 7.89. The van der Waals surface area contributed by atoms with Crippen LogP contribution in [0.5, 0.6) is 0 Å². The van der Waals surface area contributed by atoms with Gasteiger partial charge in [-0.1, -0.05) is 18.2 Å². The summed E-state index contributed by atoms with van der Waals surface area (Å²) in [5.74, 6) is -1.75. The Hall–Kier alpha value is -2.78. The third kappa shape index (κ3) is 6.26. The fraction of sp³-hybridized carbons (Fsp3) is 0.176. The monoisotopic (exact) mass is 380 g/mol. The summed E-state index contributed by atoms with van der Waals surface area (Å²) in [7, 11) is -3.70. The van der Waals surface area contributed by atoms with Crippen LogP contribution >= 0.6 is 0 Å². The molecule has 0 atom stereocenters. The first kappa shape index (κ1) is 19.5. The summed E-state index contributed by atoms with van der Waals surface area (Å²) in [5, 5.41) is 2.43. The van der Waals surface area contributed by atoms with Crippen molar-refractivity contribution in [2.75, 3.05) is 18.5 Å². The van der Waals surface area contributed by atoms with Crippen LogP contribution in [0.1, 0.15) is 6.42 Å². The van der Waals surface area contributed by atoms with E-state index < -0.39 is 34.3 Å². The molecule has 2 aromatic rings. The van der Waals surface area contributed by atoms with Gasteiger partial charge in [-0.2, -0.15) is 0 Å². The zero-order valence-electron chi connectivity index (χ0n) is 13.6. The molecule has 0 saturated carbocycles. The van der Waals surface area contributed by atoms with Crippen LogP contribution in [0.15, 0.2) is 59.5 Å². The van der Waals surface area contributed by atoms with Crippen molar-refractivity contribution in [3.63, 3.8) is 0 Å². The summed E-state index contributed by atoms with van der Waals surface area (Å²) in [6.45, 7) is -0.683. The van der Waals surface area contributed by atoms with E-state index in [0.29, 0.717) is 5.69 Å². The van der Waals surface area contributed by atoms with E-state index in [9.17, 15) is 22.4 Å². The summed E-state index contributed by atoms with van der Waals surface area (Å²) in [6.07, 6.45) is -0.226. The second-order valence-electron chi connectivity index (χ2n) is 5.18. The van der Waals surface area contributed by atoms with E-state index in [2.05, 4.69) is 10.0 Å². The lowest BCUT2D eigenvalue weighted by atomic mass is 10.3. The number of ether oxygens (including phenoxy) is 1. The molecule has 0 radical (unpaired) electrons. The van der Waals surface area contributed by atoms with Crippen LogP contribution in [-0.4, -0.2) is 33.4 Å². The van der Waals surface area contributed by atoms with Crippen LogP contribution < -0.4 is 10.0 Å². The quantitative estimate of drug-likeness (QED) is 0.679. The van der Waals surface area contributed by atoms with Crippen molar-refractivity contribution in [1.29, 1.82) is 0 Å². The molecular formula is C17H17FN2O5S. The standard InChI is InChI=1S/C17H17FN2O5S/c18-13-6-8-14(9-7-13)20-16(21)12-25-17(22)10-11-19-26(23,24)15-4-2-1-3-5-15/h1-9,19H,10-12H2,(H,20,21). The lowest BCUT2D eigenvalue weighted by molar-refractivity contribution is -0.147. The molecule has 0 unspecified atom stereocenters. The van der Waals surface area contributed by atoms with E-state index >= 15 is 0 Å². The minimum Gasteiger partial charge on any atom is -0.456 e. The predicted octanol–water partition coefficient (Wildman–Crippen LogP) is 1.68. The predicted molar refractivity (Wildman–Crippen MR) is 92.2 cm³/mol. The van der Waals surface area contributed by atoms with Gasteiger partial charge in [0, 0.05) is 12.2 Å². The third-order valence-electron chi connectivity index (χ3n) is 3.17. The zero-order valence-corrected chi connectivity index (χ0v) is 14.5. The summed E-state index contributed by atoms with van der Waals surface area (Å²) in [5.41, 5.74) is 0.364. The molecule has 2 aromatic carbocycles. The minimum atomic E-state index is -3.70. The summed E-state index contributed by atoms with van der Waals surface area (Å²) >= 11 is 0. The van der Waals surface area contributed by atoms with Gasteiger partial charge in [0.2, 0.25) is 10.0 Å². The Bertz CT molecular complexity index is 854. The highest BCUT2D eigenvalue weighted by Crippen LogP contribution is 2.08. The van der Waals surface area contributed by atoms with Gasteiger partial charge in [0.15, 0.2) is 6.61 Å². The van der Waals surface area contributed by atoms with Gasteiger partial charge in [0.25, 0.3) is 5.91 Å². The zero-order chi connectivity index (χ0) is 19.0. The van der Waals surface area contributed by atoms with Gasteiger partial charge in [-0.3, -0.25) is 9.59 Å². The van der Waals surface area contributed by atoms with Gasteiger partial charge >= 0.3 is 5.97 Å². The second-order valence-corrected chi connectivity index (χ2v) is 6.94. The van der Waals surface area contributed by atoms with Crippen molar-refractivity contribution in [1.82, 2.24) is 4.72 Å². The lowest BCUT2D eigenvalue weighted by Crippen LogP contribution is -2.27. The molecule has 0 spiro atoms. The maximum Gasteiger partial charge on any atom is 0.307 e. The largest absolute Gasteiger partial charge is 0.456 e. The number of benzene rings is 2. The first-order valence-electron chi connectivity index (χ1n) is 7.62. The van der Waals surface area contributed by atoms with Crippen LogP contribution in [0.4, 0.5) is 10.1 Å². The fourth-order valence-corrected chi connectivity index (χ4v) is 2.97. The van der Waals surface area contributed by atoms with E-state index in [4.69, 9.17) is 4.74 Å². The molecule has 0 aromatic heterocycles. The number of rotatable bonds is 8. The molecule has 0 aliphatic rings. The highest BCUT2D eigenvalue weighted by atomic mass is 32.2. The molecule has 138 valence electrons. The summed E-state index contributed by atoms with van der Waals surface area (Å²) in [6, 6.07) is 12.8. The average Bonchev–Trinajstić information content (AvgIpc) is 2.62. The number of anilines is 1. The number of hydrogen-bond donors (Lipinski definition) is 2. The van der Waals surface area contributed by atoms with E-state index in [1.165, 1.54) is 36.4 Å². The highest BCUT2D eigenvalue weighted by Gasteiger charge is 2.14. The summed E-state index contributed by atoms with van der Waals surface area (Å²) in [4.78, 5) is 23.3. The number of carbonyl (C=O) groups is 2. The number of hydrogen-bond acceptors (Lipinski definition) is 5. The number of halogens is 1. The molecule has 0 aliphatic carbocycles. The van der Waals surface area contributed by atoms with Crippen LogP contribution in [-0.2, 0) is 24.3 Å². The Morgan fingerprint density at radius 3 is 2.31 bits per heavy atom. The van der Waals surface area contributed by atoms with Crippen molar-refractivity contribution in [2.24, 2.45) is 0 Å². The number of nitrogens with one attached hydrogen (secondary N) is 2. The van der Waals surface area contributed by atoms with E-state index in [0.717, 1.165) is 0 Å². The van der Waals surface area contributed by atoms with Gasteiger partial charge in [0.1, 0.15) is 5.82 Å². The Morgan fingerprint density at radius 1 is 1.00 bits per heavy atom. The third-order valence-corrected chi connectivity index (χ3v) is 4.64. The molecule has 7 nitrogen and oxygen atoms in total. The number of esters is 1. The van der Waals surface area contributed by atoms with Crippen molar-refractivity contribution < 1.29 is 27.1 Å². The van der Waals surface area contributed by atoms with Gasteiger partial charge in [-0.25, -0.2) is 17.5 Å². The van der Waals surface area contributed by atoms with Crippen molar-refractivity contribution in [3.8, 4) is 0 Å². The van der Waals surface area contributed by atoms with Gasteiger partial charge in [-0.15, -0.1) is 0 Å². The molecule has 0 fully saturated rings. The van der Waals surface area contributed by atoms with Crippen molar-refractivity contribution in [2.45, 2.75) is 11.3 Å². The molecule has 0 heterocycles. The maximum absolute atomic E-state index is 12.8. The molecule has 2 N–H and O–H groups in total. The number of sulfonamides is 1. The Kier molecular flexibility index (Phi) is 6.81. The smallest absolute Gasteiger partial charge is 0.307 e. The molecule has 0 aliphatic heterocycles. The van der Waals surface area contributed by atoms with Crippen molar-refractivity contribution >= 4 is 27.6 Å². The normalized spacial score (nSPS) is 11.0. The average molecular weight is 380 g/mol. The maximum atomic E-state index is 12.8. The topological polar surface area (TPSA) is 102 Å².